The molecule has 3 heterocycles. The van der Waals surface area contributed by atoms with E-state index in [0.29, 0.717) is 23.8 Å². The van der Waals surface area contributed by atoms with E-state index >= 15 is 0 Å². The van der Waals surface area contributed by atoms with Crippen LogP contribution in [-0.2, 0) is 0 Å². The molecule has 0 saturated heterocycles. The fourth-order valence-electron chi connectivity index (χ4n) is 2.90. The SMILES string of the molecule is Cc1oc(-n2cccc2)c(C#N)c1C(=O)NCC(c1ccsc1)N(C)C. The molecule has 0 saturated carbocycles. The third kappa shape index (κ3) is 3.43. The van der Waals surface area contributed by atoms with Gasteiger partial charge in [0.05, 0.1) is 6.04 Å². The Balaban J connectivity index is 1.83. The van der Waals surface area contributed by atoms with Crippen LogP contribution in [0.5, 0.6) is 0 Å². The Morgan fingerprint density at radius 3 is 2.73 bits per heavy atom. The summed E-state index contributed by atoms with van der Waals surface area (Å²) < 4.78 is 7.39. The monoisotopic (exact) mass is 368 g/mol. The number of aromatic nitrogens is 1. The van der Waals surface area contributed by atoms with Crippen LogP contribution in [0.2, 0.25) is 0 Å². The first-order valence-electron chi connectivity index (χ1n) is 8.16. The first-order valence-corrected chi connectivity index (χ1v) is 9.10. The molecule has 0 fully saturated rings. The topological polar surface area (TPSA) is 74.2 Å². The number of nitriles is 1. The van der Waals surface area contributed by atoms with Crippen LogP contribution in [0.3, 0.4) is 0 Å². The summed E-state index contributed by atoms with van der Waals surface area (Å²) in [5.74, 6) is 0.491. The van der Waals surface area contributed by atoms with E-state index in [1.54, 1.807) is 35.2 Å². The van der Waals surface area contributed by atoms with Crippen LogP contribution in [0.1, 0.15) is 33.3 Å². The third-order valence-corrected chi connectivity index (χ3v) is 4.95. The largest absolute Gasteiger partial charge is 0.443 e. The molecular formula is C19H20N4O2S. The Kier molecular flexibility index (Phi) is 5.26. The van der Waals surface area contributed by atoms with E-state index in [1.165, 1.54) is 0 Å². The van der Waals surface area contributed by atoms with Crippen LogP contribution >= 0.6 is 11.3 Å². The highest BCUT2D eigenvalue weighted by molar-refractivity contribution is 7.07. The van der Waals surface area contributed by atoms with Gasteiger partial charge in [-0.25, -0.2) is 0 Å². The number of furan rings is 1. The second-order valence-corrected chi connectivity index (χ2v) is 6.94. The number of nitrogens with zero attached hydrogens (tertiary/aromatic N) is 3. The predicted octanol–water partition coefficient (Wildman–Crippen LogP) is 3.34. The molecule has 0 bridgehead atoms. The van der Waals surface area contributed by atoms with E-state index in [2.05, 4.69) is 27.7 Å². The van der Waals surface area contributed by atoms with Crippen molar-refractivity contribution < 1.29 is 9.21 Å². The molecular weight excluding hydrogens is 348 g/mol. The summed E-state index contributed by atoms with van der Waals surface area (Å²) in [6, 6.07) is 7.89. The zero-order valence-corrected chi connectivity index (χ0v) is 15.7. The molecule has 3 rings (SSSR count). The second kappa shape index (κ2) is 7.60. The van der Waals surface area contributed by atoms with Gasteiger partial charge in [-0.2, -0.15) is 16.6 Å². The highest BCUT2D eigenvalue weighted by Crippen LogP contribution is 2.26. The summed E-state index contributed by atoms with van der Waals surface area (Å²) in [6.45, 7) is 2.14. The molecule has 0 radical (unpaired) electrons. The lowest BCUT2D eigenvalue weighted by Crippen LogP contribution is -2.34. The Bertz CT molecular complexity index is 918. The molecule has 3 aromatic heterocycles. The number of carbonyl (C=O) groups is 1. The molecule has 134 valence electrons. The maximum absolute atomic E-state index is 12.8. The van der Waals surface area contributed by atoms with Crippen molar-refractivity contribution in [2.45, 2.75) is 13.0 Å². The van der Waals surface area contributed by atoms with Gasteiger partial charge in [-0.15, -0.1) is 0 Å². The zero-order chi connectivity index (χ0) is 18.7. The first-order chi connectivity index (χ1) is 12.5. The normalized spacial score (nSPS) is 12.1. The third-order valence-electron chi connectivity index (χ3n) is 4.25. The Hall–Kier alpha value is -2.82. The molecule has 0 spiro atoms. The summed E-state index contributed by atoms with van der Waals surface area (Å²) in [5, 5.41) is 16.6. The van der Waals surface area contributed by atoms with Gasteiger partial charge in [0.15, 0.2) is 0 Å². The number of likely N-dealkylation sites (N-methyl/N-ethyl adjacent to an activating group) is 1. The number of rotatable bonds is 6. The van der Waals surface area contributed by atoms with E-state index < -0.39 is 0 Å². The number of nitrogens with one attached hydrogen (secondary N) is 1. The maximum atomic E-state index is 12.8. The van der Waals surface area contributed by atoms with Crippen LogP contribution < -0.4 is 5.32 Å². The van der Waals surface area contributed by atoms with Gasteiger partial charge in [-0.3, -0.25) is 9.36 Å². The molecule has 1 N–H and O–H groups in total. The highest BCUT2D eigenvalue weighted by atomic mass is 32.1. The number of aryl methyl sites for hydroxylation is 1. The molecule has 3 aromatic rings. The van der Waals surface area contributed by atoms with E-state index in [0.717, 1.165) is 5.56 Å². The van der Waals surface area contributed by atoms with E-state index in [4.69, 9.17) is 4.42 Å². The first kappa shape index (κ1) is 18.0. The molecule has 6 nitrogen and oxygen atoms in total. The van der Waals surface area contributed by atoms with Gasteiger partial charge in [0.2, 0.25) is 5.88 Å². The maximum Gasteiger partial charge on any atom is 0.256 e. The van der Waals surface area contributed by atoms with Crippen LogP contribution in [0.4, 0.5) is 0 Å². The average Bonchev–Trinajstić information content (AvgIpc) is 3.35. The molecule has 1 unspecified atom stereocenters. The quantitative estimate of drug-likeness (QED) is 0.724. The minimum Gasteiger partial charge on any atom is -0.443 e. The van der Waals surface area contributed by atoms with Gasteiger partial charge >= 0.3 is 0 Å². The van der Waals surface area contributed by atoms with Gasteiger partial charge in [0.1, 0.15) is 23.0 Å². The lowest BCUT2D eigenvalue weighted by molar-refractivity contribution is 0.0940. The van der Waals surface area contributed by atoms with Crippen LogP contribution in [-0.4, -0.2) is 36.0 Å². The van der Waals surface area contributed by atoms with Crippen molar-refractivity contribution in [2.75, 3.05) is 20.6 Å². The lowest BCUT2D eigenvalue weighted by Gasteiger charge is -2.24. The molecule has 7 heteroatoms. The predicted molar refractivity (Wildman–Crippen MR) is 101 cm³/mol. The summed E-state index contributed by atoms with van der Waals surface area (Å²) in [4.78, 5) is 14.8. The van der Waals surface area contributed by atoms with Crippen molar-refractivity contribution >= 4 is 17.2 Å². The summed E-state index contributed by atoms with van der Waals surface area (Å²) >= 11 is 1.63. The molecule has 0 aliphatic carbocycles. The van der Waals surface area contributed by atoms with Crippen LogP contribution in [0, 0.1) is 18.3 Å². The van der Waals surface area contributed by atoms with Gasteiger partial charge < -0.3 is 14.6 Å². The van der Waals surface area contributed by atoms with Gasteiger partial charge in [-0.05, 0) is 55.5 Å². The second-order valence-electron chi connectivity index (χ2n) is 6.16. The number of amides is 1. The van der Waals surface area contributed by atoms with Crippen molar-refractivity contribution in [1.29, 1.82) is 5.26 Å². The number of hydrogen-bond acceptors (Lipinski definition) is 5. The van der Waals surface area contributed by atoms with E-state index in [-0.39, 0.29) is 17.5 Å². The van der Waals surface area contributed by atoms with E-state index in [9.17, 15) is 10.1 Å². The van der Waals surface area contributed by atoms with E-state index in [1.807, 2.05) is 31.6 Å². The Morgan fingerprint density at radius 1 is 1.42 bits per heavy atom. The number of thiophene rings is 1. The minimum atomic E-state index is -0.303. The molecule has 26 heavy (non-hydrogen) atoms. The fraction of sp³-hybridized carbons (Fsp3) is 0.263. The van der Waals surface area contributed by atoms with Gasteiger partial charge in [0.25, 0.3) is 5.91 Å². The molecule has 0 aliphatic rings. The smallest absolute Gasteiger partial charge is 0.256 e. The lowest BCUT2D eigenvalue weighted by atomic mass is 10.1. The molecule has 1 amide bonds. The Morgan fingerprint density at radius 2 is 2.15 bits per heavy atom. The summed E-state index contributed by atoms with van der Waals surface area (Å²) in [5.41, 5.74) is 1.69. The van der Waals surface area contributed by atoms with Crippen molar-refractivity contribution in [1.82, 2.24) is 14.8 Å². The molecule has 0 aliphatic heterocycles. The standard InChI is InChI=1S/C19H20N4O2S/c1-13-17(15(10-20)19(25-13)23-7-4-5-8-23)18(24)21-11-16(22(2)3)14-6-9-26-12-14/h4-9,12,16H,11H2,1-3H3,(H,21,24). The highest BCUT2D eigenvalue weighted by Gasteiger charge is 2.25. The van der Waals surface area contributed by atoms with Crippen molar-refractivity contribution in [3.63, 3.8) is 0 Å². The van der Waals surface area contributed by atoms with Crippen molar-refractivity contribution in [2.24, 2.45) is 0 Å². The van der Waals surface area contributed by atoms with Gasteiger partial charge in [0, 0.05) is 18.9 Å². The van der Waals surface area contributed by atoms with Crippen LogP contribution in [0.25, 0.3) is 5.88 Å². The number of hydrogen-bond donors (Lipinski definition) is 1. The van der Waals surface area contributed by atoms with Crippen molar-refractivity contribution in [3.05, 3.63) is 63.8 Å². The summed E-state index contributed by atoms with van der Waals surface area (Å²) in [6.07, 6.45) is 3.55. The summed E-state index contributed by atoms with van der Waals surface area (Å²) in [7, 11) is 3.95. The number of carbonyl (C=O) groups excluding carboxylic acids is 1. The minimum absolute atomic E-state index is 0.0619. The Labute approximate surface area is 156 Å². The fourth-order valence-corrected chi connectivity index (χ4v) is 3.61. The van der Waals surface area contributed by atoms with Crippen LogP contribution in [0.15, 0.2) is 45.8 Å². The zero-order valence-electron chi connectivity index (χ0n) is 14.9. The van der Waals surface area contributed by atoms with Gasteiger partial charge in [-0.1, -0.05) is 0 Å². The van der Waals surface area contributed by atoms with Crippen molar-refractivity contribution in [3.8, 4) is 12.0 Å². The molecule has 0 aromatic carbocycles. The average molecular weight is 368 g/mol. The molecule has 1 atom stereocenters.